The standard InChI is InChI=1S/C11H12N2O/c1-2-10-11(12-8-13(10)14)9-6-4-3-5-7-9/h2-8,10-11,13H,1H2. The number of hydrogen-bond donors (Lipinski definition) is 1. The lowest BCUT2D eigenvalue weighted by Gasteiger charge is -2.22. The predicted molar refractivity (Wildman–Crippen MR) is 56.0 cm³/mol. The van der Waals surface area contributed by atoms with Gasteiger partial charge in [-0.2, -0.15) is 0 Å². The van der Waals surface area contributed by atoms with Crippen molar-refractivity contribution in [3.05, 3.63) is 53.8 Å². The summed E-state index contributed by atoms with van der Waals surface area (Å²) in [7, 11) is 0. The molecule has 1 aromatic rings. The second-order valence-corrected chi connectivity index (χ2v) is 3.30. The Balaban J connectivity index is 2.28. The first-order valence-corrected chi connectivity index (χ1v) is 4.57. The van der Waals surface area contributed by atoms with Gasteiger partial charge in [-0.15, -0.1) is 0 Å². The number of hydroxylamine groups is 2. The van der Waals surface area contributed by atoms with Gasteiger partial charge in [-0.1, -0.05) is 36.9 Å². The molecule has 1 heterocycles. The fourth-order valence-corrected chi connectivity index (χ4v) is 1.68. The molecule has 0 amide bonds. The molecule has 3 heteroatoms. The molecule has 1 aromatic carbocycles. The van der Waals surface area contributed by atoms with Crippen LogP contribution in [0.1, 0.15) is 11.6 Å². The average Bonchev–Trinajstić information content (AvgIpc) is 2.61. The van der Waals surface area contributed by atoms with Crippen molar-refractivity contribution in [1.82, 2.24) is 0 Å². The lowest BCUT2D eigenvalue weighted by molar-refractivity contribution is -0.757. The number of benzene rings is 1. The van der Waals surface area contributed by atoms with E-state index >= 15 is 0 Å². The molecule has 0 radical (unpaired) electrons. The van der Waals surface area contributed by atoms with Crippen molar-refractivity contribution in [3.63, 3.8) is 0 Å². The maximum absolute atomic E-state index is 11.4. The summed E-state index contributed by atoms with van der Waals surface area (Å²) in [6.45, 7) is 3.67. The molecule has 1 N–H and O–H groups in total. The van der Waals surface area contributed by atoms with Crippen molar-refractivity contribution in [2.24, 2.45) is 4.99 Å². The van der Waals surface area contributed by atoms with E-state index in [1.165, 1.54) is 6.34 Å². The first-order chi connectivity index (χ1) is 6.83. The van der Waals surface area contributed by atoms with Gasteiger partial charge in [0.25, 0.3) is 0 Å². The predicted octanol–water partition coefficient (Wildman–Crippen LogP) is 0.707. The van der Waals surface area contributed by atoms with Gasteiger partial charge in [0.15, 0.2) is 6.34 Å². The molecule has 0 bridgehead atoms. The molecule has 14 heavy (non-hydrogen) atoms. The fraction of sp³-hybridized carbons (Fsp3) is 0.182. The van der Waals surface area contributed by atoms with Crippen molar-refractivity contribution in [2.45, 2.75) is 12.1 Å². The van der Waals surface area contributed by atoms with Gasteiger partial charge < -0.3 is 10.3 Å². The Bertz CT molecular complexity index is 348. The van der Waals surface area contributed by atoms with Gasteiger partial charge in [-0.05, 0) is 11.6 Å². The number of rotatable bonds is 2. The second kappa shape index (κ2) is 3.74. The van der Waals surface area contributed by atoms with Crippen LogP contribution < -0.4 is 5.06 Å². The van der Waals surface area contributed by atoms with Crippen molar-refractivity contribution in [2.75, 3.05) is 0 Å². The first kappa shape index (κ1) is 9.12. The summed E-state index contributed by atoms with van der Waals surface area (Å²) in [6, 6.07) is 9.57. The number of nitrogens with zero attached hydrogens (tertiary/aromatic N) is 1. The Hall–Kier alpha value is -1.45. The SMILES string of the molecule is C=CC1C(c2ccccc2)N=C[NH+]1[O-]. The molecule has 0 saturated carbocycles. The van der Waals surface area contributed by atoms with Gasteiger partial charge in [-0.25, -0.2) is 4.99 Å². The normalized spacial score (nSPS) is 30.5. The third kappa shape index (κ3) is 1.47. The highest BCUT2D eigenvalue weighted by Crippen LogP contribution is 2.21. The van der Waals surface area contributed by atoms with Gasteiger partial charge in [0.05, 0.1) is 0 Å². The van der Waals surface area contributed by atoms with Crippen LogP contribution in [0.5, 0.6) is 0 Å². The maximum atomic E-state index is 11.4. The topological polar surface area (TPSA) is 39.9 Å². The van der Waals surface area contributed by atoms with E-state index < -0.39 is 0 Å². The Kier molecular flexibility index (Phi) is 2.43. The van der Waals surface area contributed by atoms with Crippen molar-refractivity contribution >= 4 is 6.34 Å². The lowest BCUT2D eigenvalue weighted by atomic mass is 10.0. The Morgan fingerprint density at radius 1 is 1.36 bits per heavy atom. The number of nitrogens with one attached hydrogen (secondary N) is 1. The van der Waals surface area contributed by atoms with E-state index in [1.54, 1.807) is 6.08 Å². The summed E-state index contributed by atoms with van der Waals surface area (Å²) in [5, 5.41) is 11.4. The summed E-state index contributed by atoms with van der Waals surface area (Å²) in [5.74, 6) is 0. The number of hydrogen-bond acceptors (Lipinski definition) is 2. The third-order valence-corrected chi connectivity index (χ3v) is 2.43. The van der Waals surface area contributed by atoms with Gasteiger partial charge in [0.1, 0.15) is 12.1 Å². The largest absolute Gasteiger partial charge is 0.628 e. The van der Waals surface area contributed by atoms with Crippen LogP contribution >= 0.6 is 0 Å². The molecule has 72 valence electrons. The smallest absolute Gasteiger partial charge is 0.185 e. The summed E-state index contributed by atoms with van der Waals surface area (Å²) in [5.41, 5.74) is 1.07. The van der Waals surface area contributed by atoms with Crippen LogP contribution in [-0.2, 0) is 0 Å². The summed E-state index contributed by atoms with van der Waals surface area (Å²) >= 11 is 0. The minimum absolute atomic E-state index is 0.0499. The molecule has 0 aromatic heterocycles. The molecule has 1 aliphatic heterocycles. The summed E-state index contributed by atoms with van der Waals surface area (Å²) in [4.78, 5) is 4.19. The van der Waals surface area contributed by atoms with E-state index in [0.29, 0.717) is 0 Å². The Labute approximate surface area is 83.0 Å². The summed E-state index contributed by atoms with van der Waals surface area (Å²) in [6.07, 6.45) is 3.08. The zero-order valence-corrected chi connectivity index (χ0v) is 7.76. The van der Waals surface area contributed by atoms with Crippen LogP contribution in [0.15, 0.2) is 48.0 Å². The summed E-state index contributed by atoms with van der Waals surface area (Å²) < 4.78 is 0. The zero-order chi connectivity index (χ0) is 9.97. The Morgan fingerprint density at radius 3 is 2.71 bits per heavy atom. The van der Waals surface area contributed by atoms with Gasteiger partial charge in [0, 0.05) is 0 Å². The highest BCUT2D eigenvalue weighted by molar-refractivity contribution is 5.49. The molecular weight excluding hydrogens is 176 g/mol. The highest BCUT2D eigenvalue weighted by Gasteiger charge is 2.29. The number of quaternary nitrogens is 1. The minimum atomic E-state index is -0.183. The molecule has 0 fully saturated rings. The lowest BCUT2D eigenvalue weighted by Crippen LogP contribution is -3.08. The van der Waals surface area contributed by atoms with Gasteiger partial charge >= 0.3 is 0 Å². The third-order valence-electron chi connectivity index (χ3n) is 2.43. The molecule has 0 aliphatic carbocycles. The average molecular weight is 188 g/mol. The van der Waals surface area contributed by atoms with Crippen LogP contribution in [0.25, 0.3) is 0 Å². The molecule has 0 spiro atoms. The molecule has 3 atom stereocenters. The van der Waals surface area contributed by atoms with Crippen molar-refractivity contribution in [1.29, 1.82) is 0 Å². The van der Waals surface area contributed by atoms with Crippen LogP contribution in [0, 0.1) is 5.21 Å². The highest BCUT2D eigenvalue weighted by atomic mass is 16.5. The van der Waals surface area contributed by atoms with E-state index in [9.17, 15) is 5.21 Å². The monoisotopic (exact) mass is 188 g/mol. The molecule has 3 unspecified atom stereocenters. The minimum Gasteiger partial charge on any atom is -0.628 e. The molecular formula is C11H12N2O. The molecule has 1 aliphatic rings. The van der Waals surface area contributed by atoms with Crippen LogP contribution in [0.2, 0.25) is 0 Å². The molecule has 2 rings (SSSR count). The van der Waals surface area contributed by atoms with Crippen LogP contribution in [0.3, 0.4) is 0 Å². The van der Waals surface area contributed by atoms with E-state index in [4.69, 9.17) is 0 Å². The Morgan fingerprint density at radius 2 is 2.07 bits per heavy atom. The van der Waals surface area contributed by atoms with Gasteiger partial charge in [-0.3, -0.25) is 0 Å². The molecule has 3 nitrogen and oxygen atoms in total. The first-order valence-electron chi connectivity index (χ1n) is 4.57. The van der Waals surface area contributed by atoms with Gasteiger partial charge in [0.2, 0.25) is 0 Å². The van der Waals surface area contributed by atoms with Crippen molar-refractivity contribution in [3.8, 4) is 0 Å². The zero-order valence-electron chi connectivity index (χ0n) is 7.76. The van der Waals surface area contributed by atoms with Crippen LogP contribution in [0.4, 0.5) is 0 Å². The maximum Gasteiger partial charge on any atom is 0.185 e. The van der Waals surface area contributed by atoms with E-state index in [-0.39, 0.29) is 17.1 Å². The van der Waals surface area contributed by atoms with Crippen molar-refractivity contribution < 1.29 is 5.06 Å². The van der Waals surface area contributed by atoms with E-state index in [1.807, 2.05) is 30.3 Å². The van der Waals surface area contributed by atoms with E-state index in [0.717, 1.165) is 5.56 Å². The quantitative estimate of drug-likeness (QED) is 0.539. The van der Waals surface area contributed by atoms with E-state index in [2.05, 4.69) is 11.6 Å². The van der Waals surface area contributed by atoms with Crippen LogP contribution in [-0.4, -0.2) is 12.4 Å². The number of aliphatic imine (C=N–C) groups is 1. The second-order valence-electron chi connectivity index (χ2n) is 3.30. The molecule has 0 saturated heterocycles. The fourth-order valence-electron chi connectivity index (χ4n) is 1.68.